The number of ether oxygens (including phenoxy) is 9. The average molecular weight is 2240 g/mol. The van der Waals surface area contributed by atoms with Crippen molar-refractivity contribution in [3.63, 3.8) is 0 Å². The molecule has 7 fully saturated rings. The SMILES string of the molecule is C1CCOC1.C1CCOC1.CC(C)(O)c1cc2nc(C3CCC(CO)CC3)sc2cc1N.CCC1CCC(c2nc3cc(C(=O)OC)c(Br)cc3s2)CC1.CCC1CCC(c2nc3cc(C(=O)OC)c(N)cc3s2)CC1.CCC1CCC(c2nc3cc(C(=O)OC)c(NCc4ccc(OC)cc4OC)cc3s2)CC1.COC(=O)c1cc2nc(C3CCC(CO)CC3)sc2cc1N.COc1ccc(CN)c(C)c1.[2H][B].[Br-].[CH3-].[Mg+2]. The molecule has 0 spiro atoms. The van der Waals surface area contributed by atoms with Crippen LogP contribution < -0.4 is 59.4 Å². The van der Waals surface area contributed by atoms with Crippen molar-refractivity contribution in [2.75, 3.05) is 112 Å². The topological polar surface area (TPSA) is 393 Å². The number of thiazole rings is 5. The Morgan fingerprint density at radius 3 is 1.06 bits per heavy atom. The molecule has 7 heterocycles. The van der Waals surface area contributed by atoms with Crippen LogP contribution in [0.3, 0.4) is 0 Å². The number of carbonyl (C=O) groups excluding carboxylic acids is 4. The summed E-state index contributed by atoms with van der Waals surface area (Å²) in [6, 6.07) is 30.3. The molecule has 5 aromatic heterocycles. The Bertz CT molecular complexity index is 5810. The molecular weight excluding hydrogens is 2080 g/mol. The molecule has 7 aromatic carbocycles. The van der Waals surface area contributed by atoms with Gasteiger partial charge in [0.2, 0.25) is 0 Å². The van der Waals surface area contributed by atoms with E-state index in [-0.39, 0.29) is 66.0 Å². The average Bonchev–Trinajstić information content (AvgIpc) is 1.67. The van der Waals surface area contributed by atoms with Gasteiger partial charge >= 0.3 is 46.9 Å². The van der Waals surface area contributed by atoms with Gasteiger partial charge in [0, 0.05) is 129 Å². The normalized spacial score (nSPS) is 19.9. The predicted molar refractivity (Wildman–Crippen MR) is 600 cm³/mol. The Hall–Kier alpha value is -7.98. The zero-order valence-electron chi connectivity index (χ0n) is 88.5. The first-order chi connectivity index (χ1) is 69.6. The molecule has 2 radical (unpaired) electrons. The molecule has 2 aliphatic heterocycles. The summed E-state index contributed by atoms with van der Waals surface area (Å²) in [6.45, 7) is 18.0. The molecule has 5 aliphatic carbocycles. The molecule has 26 nitrogen and oxygen atoms in total. The van der Waals surface area contributed by atoms with Crippen molar-refractivity contribution in [2.24, 2.45) is 35.3 Å². The maximum Gasteiger partial charge on any atom is 2.00 e. The zero-order chi connectivity index (χ0) is 104. The molecule has 19 rings (SSSR count). The van der Waals surface area contributed by atoms with Crippen LogP contribution in [0.1, 0.15) is 326 Å². The molecule has 12 aromatic rings. The van der Waals surface area contributed by atoms with Crippen LogP contribution >= 0.6 is 72.6 Å². The van der Waals surface area contributed by atoms with Gasteiger partial charge in [-0.1, -0.05) is 46.1 Å². The third kappa shape index (κ3) is 33.8. The van der Waals surface area contributed by atoms with Crippen LogP contribution in [0.4, 0.5) is 22.7 Å². The van der Waals surface area contributed by atoms with Gasteiger partial charge in [-0.3, -0.25) is 0 Å². The largest absolute Gasteiger partial charge is 2.00 e. The second-order valence-electron chi connectivity index (χ2n) is 38.5. The molecule has 0 atom stereocenters. The first kappa shape index (κ1) is 122. The Labute approximate surface area is 920 Å². The molecule has 7 aliphatic rings. The number of benzene rings is 7. The third-order valence-corrected chi connectivity index (χ3v) is 35.2. The van der Waals surface area contributed by atoms with E-state index in [9.17, 15) is 34.5 Å². The molecule has 790 valence electrons. The maximum atomic E-state index is 12.5. The number of aliphatic hydroxyl groups is 3. The van der Waals surface area contributed by atoms with Crippen molar-refractivity contribution in [3.8, 4) is 17.2 Å². The van der Waals surface area contributed by atoms with Crippen molar-refractivity contribution >= 4 is 202 Å². The van der Waals surface area contributed by atoms with E-state index in [0.29, 0.717) is 100 Å². The number of methoxy groups -OCH3 is 7. The molecule has 5 saturated carbocycles. The number of esters is 4. The number of nitrogens with one attached hydrogen (secondary N) is 1. The van der Waals surface area contributed by atoms with Crippen LogP contribution in [0.2, 0.25) is 0 Å². The quantitative estimate of drug-likeness (QED) is 0.0103. The molecule has 2 saturated heterocycles. The van der Waals surface area contributed by atoms with E-state index in [1.807, 2.05) is 91.9 Å². The standard InChI is InChI=1S/C26H32N2O4S.C17H20BrNO2S.C17H24N2O2S.C17H22N2O2S.C16H20N2O3S.C9H13NO.2C4H8O.CH3.BH.BrH.Mg/c1-5-16-6-8-17(9-7-16)25-28-22-13-20(26(29)32-4)21(14-24(22)33-25)27-15-18-10-11-19(30-2)12-23(18)31-3;1-3-10-4-6-11(7-5-10)16-19-14-8-12(17(20)21-2)13(18)9-15(14)22-16;1-17(2,21)12-7-14-15(8-13(12)18)22-16(19-14)11-5-3-10(9-20)4-6-11;1-3-10-4-6-11(7-5-10)16-19-14-8-12(17(20)21-2)13(18)9-15(14)22-16;1-21-16(20)11-6-13-14(7-12(11)17)22-15(18-13)10-4-2-9(8-19)3-5-10;1-7-5-9(11-2)4-3-8(7)6-10;2*1-2-4-5-3-1;;;;/h10-14,16-17,27H,5-9,15H2,1-4H3;8-11H,3-7H2,1-2H3;7-8,10-11,20-21H,3-6,9,18H2,1-2H3;8-11H,3-7,18H2,1-2H3;6-7,9-10,19H,2-5,8,17H2,1H3;3-5H,6,10H2,1-2H3;2*1-4H2;1H3;2*1H;/q;;;;;;;;-1;;;+2/p-1/i;;;;;;;;;1D;;. The van der Waals surface area contributed by atoms with Gasteiger partial charge in [-0.25, -0.2) is 44.1 Å². The number of anilines is 4. The van der Waals surface area contributed by atoms with Gasteiger partial charge in [0.1, 0.15) is 17.2 Å². The minimum atomic E-state index is -0.957. The third-order valence-electron chi connectivity index (χ3n) is 28.7. The first-order valence-corrected chi connectivity index (χ1v) is 55.3. The van der Waals surface area contributed by atoms with E-state index in [2.05, 4.69) is 50.4 Å². The Morgan fingerprint density at radius 1 is 0.438 bits per heavy atom. The molecular formula is C111H151BBr2MgN10O16S5. The summed E-state index contributed by atoms with van der Waals surface area (Å²) in [5.74, 6) is 6.94. The molecule has 12 N–H and O–H groups in total. The van der Waals surface area contributed by atoms with Crippen LogP contribution in [-0.2, 0) is 47.1 Å². The van der Waals surface area contributed by atoms with Gasteiger partial charge in [-0.15, -0.1) is 56.7 Å². The second-order valence-corrected chi connectivity index (χ2v) is 44.7. The summed E-state index contributed by atoms with van der Waals surface area (Å²) >= 11 is 12.0. The zero-order valence-corrected chi connectivity index (χ0v) is 96.2. The summed E-state index contributed by atoms with van der Waals surface area (Å²) in [5.41, 5.74) is 35.0. The number of aryl methyl sites for hydroxylation is 1. The summed E-state index contributed by atoms with van der Waals surface area (Å²) in [4.78, 5) is 71.7. The van der Waals surface area contributed by atoms with Crippen molar-refractivity contribution in [1.82, 2.24) is 24.9 Å². The molecule has 0 amide bonds. The first-order valence-electron chi connectivity index (χ1n) is 51.0. The van der Waals surface area contributed by atoms with E-state index in [1.165, 1.54) is 182 Å². The van der Waals surface area contributed by atoms with Gasteiger partial charge in [0.15, 0.2) is 0 Å². The molecule has 146 heavy (non-hydrogen) atoms. The number of nitrogens with two attached hydrogens (primary N) is 4. The van der Waals surface area contributed by atoms with Gasteiger partial charge in [0.25, 0.3) is 0 Å². The van der Waals surface area contributed by atoms with E-state index in [0.717, 1.165) is 190 Å². The number of halogens is 2. The van der Waals surface area contributed by atoms with Crippen LogP contribution in [0, 0.1) is 43.9 Å². The fourth-order valence-corrected chi connectivity index (χ4v) is 26.0. The van der Waals surface area contributed by atoms with Crippen molar-refractivity contribution < 1.29 is 94.1 Å². The smallest absolute Gasteiger partial charge is 1.00 e. The maximum absolute atomic E-state index is 12.5. The molecule has 0 bridgehead atoms. The number of rotatable bonds is 22. The Balaban J connectivity index is 0.000000213. The number of aromatic nitrogens is 5. The fourth-order valence-electron chi connectivity index (χ4n) is 19.5. The number of nitrogens with zero attached hydrogens (tertiary/aromatic N) is 5. The van der Waals surface area contributed by atoms with Gasteiger partial charge in [0.05, 0.1) is 159 Å². The predicted octanol–water partition coefficient (Wildman–Crippen LogP) is 22.1. The number of nitrogen functional groups attached to an aromatic ring is 3. The summed E-state index contributed by atoms with van der Waals surface area (Å²) in [6.07, 6.45) is 32.6. The fraction of sp³-hybridized carbons (Fsp3) is 0.532. The summed E-state index contributed by atoms with van der Waals surface area (Å²) < 4.78 is 56.5. The van der Waals surface area contributed by atoms with Crippen LogP contribution in [0.15, 0.2) is 102 Å². The van der Waals surface area contributed by atoms with Gasteiger partial charge < -0.3 is 111 Å². The van der Waals surface area contributed by atoms with E-state index in [1.54, 1.807) is 104 Å². The van der Waals surface area contributed by atoms with Crippen molar-refractivity contribution in [1.29, 1.82) is 1.34 Å². The summed E-state index contributed by atoms with van der Waals surface area (Å²) in [7, 11) is 14.2. The van der Waals surface area contributed by atoms with Crippen LogP contribution in [0.5, 0.6) is 17.2 Å². The monoisotopic (exact) mass is 2230 g/mol. The number of hydrogen-bond acceptors (Lipinski definition) is 31. The Kier molecular flexibility index (Phi) is 50.7. The minimum absolute atomic E-state index is 0. The van der Waals surface area contributed by atoms with Crippen molar-refractivity contribution in [3.05, 3.63) is 179 Å². The van der Waals surface area contributed by atoms with E-state index < -0.39 is 17.5 Å². The van der Waals surface area contributed by atoms with E-state index >= 15 is 0 Å². The van der Waals surface area contributed by atoms with E-state index in [4.69, 9.17) is 91.8 Å². The van der Waals surface area contributed by atoms with Crippen molar-refractivity contribution in [2.45, 2.75) is 263 Å². The van der Waals surface area contributed by atoms with Gasteiger partial charge in [-0.2, -0.15) is 0 Å². The molecule has 0 unspecified atom stereocenters. The molecule has 35 heteroatoms. The summed E-state index contributed by atoms with van der Waals surface area (Å²) in [5, 5.41) is 38.0. The van der Waals surface area contributed by atoms with Gasteiger partial charge in [-0.05, 0) is 318 Å². The minimum Gasteiger partial charge on any atom is -1.00 e. The number of aliphatic hydroxyl groups excluding tert-OH is 2. The number of fused-ring (bicyclic) bond motifs is 5. The van der Waals surface area contributed by atoms with Crippen LogP contribution in [0.25, 0.3) is 51.1 Å². The Morgan fingerprint density at radius 2 is 0.747 bits per heavy atom. The second kappa shape index (κ2) is 60.9. The van der Waals surface area contributed by atoms with Crippen LogP contribution in [-0.4, -0.2) is 186 Å². The number of hydrogen-bond donors (Lipinski definition) is 8. The number of carbonyl (C=O) groups is 4.